The van der Waals surface area contributed by atoms with Gasteiger partial charge in [0, 0.05) is 5.56 Å². The third kappa shape index (κ3) is 2.72. The SMILES string of the molecule is [B]c1cc(OC)c(C(=O)OC)cc1C(F)(F)F. The van der Waals surface area contributed by atoms with Crippen LogP contribution in [0.3, 0.4) is 0 Å². The molecule has 0 spiro atoms. The van der Waals surface area contributed by atoms with Crippen molar-refractivity contribution in [2.45, 2.75) is 6.18 Å². The van der Waals surface area contributed by atoms with Gasteiger partial charge in [0.05, 0.1) is 14.2 Å². The van der Waals surface area contributed by atoms with Crippen molar-refractivity contribution in [2.24, 2.45) is 0 Å². The number of hydrogen-bond donors (Lipinski definition) is 0. The topological polar surface area (TPSA) is 35.5 Å². The summed E-state index contributed by atoms with van der Waals surface area (Å²) in [5.41, 5.74) is -1.93. The van der Waals surface area contributed by atoms with Gasteiger partial charge in [-0.3, -0.25) is 0 Å². The molecule has 0 aromatic heterocycles. The molecule has 0 fully saturated rings. The summed E-state index contributed by atoms with van der Waals surface area (Å²) in [6.07, 6.45) is -4.64. The first-order chi connectivity index (χ1) is 7.81. The Balaban J connectivity index is 3.43. The van der Waals surface area contributed by atoms with Gasteiger partial charge in [0.1, 0.15) is 19.2 Å². The molecule has 3 nitrogen and oxygen atoms in total. The van der Waals surface area contributed by atoms with E-state index >= 15 is 0 Å². The zero-order valence-electron chi connectivity index (χ0n) is 9.09. The van der Waals surface area contributed by atoms with Gasteiger partial charge >= 0.3 is 12.1 Å². The van der Waals surface area contributed by atoms with Gasteiger partial charge in [-0.2, -0.15) is 13.2 Å². The highest BCUT2D eigenvalue weighted by Gasteiger charge is 2.34. The molecule has 0 unspecified atom stereocenters. The van der Waals surface area contributed by atoms with Gasteiger partial charge < -0.3 is 9.47 Å². The van der Waals surface area contributed by atoms with Crippen LogP contribution < -0.4 is 10.2 Å². The van der Waals surface area contributed by atoms with E-state index < -0.39 is 23.2 Å². The Kier molecular flexibility index (Phi) is 3.70. The summed E-state index contributed by atoms with van der Waals surface area (Å²) >= 11 is 0. The second kappa shape index (κ2) is 4.69. The van der Waals surface area contributed by atoms with Crippen LogP contribution in [0.5, 0.6) is 5.75 Å². The van der Waals surface area contributed by atoms with Gasteiger partial charge in [0.15, 0.2) is 0 Å². The Morgan fingerprint density at radius 2 is 1.88 bits per heavy atom. The molecule has 0 atom stereocenters. The summed E-state index contributed by atoms with van der Waals surface area (Å²) in [6.45, 7) is 0. The molecule has 0 bridgehead atoms. The zero-order valence-corrected chi connectivity index (χ0v) is 9.09. The number of carbonyl (C=O) groups is 1. The Labute approximate surface area is 96.9 Å². The predicted octanol–water partition coefficient (Wildman–Crippen LogP) is 1.29. The Hall–Kier alpha value is -1.66. The third-order valence-electron chi connectivity index (χ3n) is 2.08. The standard InChI is InChI=1S/C10H8BF3O3/c1-16-8-4-7(11)6(10(12,13)14)3-5(8)9(15)17-2/h3-4H,1-2H3. The summed E-state index contributed by atoms with van der Waals surface area (Å²) in [6, 6.07) is 1.55. The lowest BCUT2D eigenvalue weighted by Gasteiger charge is -2.14. The van der Waals surface area contributed by atoms with E-state index in [2.05, 4.69) is 4.74 Å². The first kappa shape index (κ1) is 13.4. The smallest absolute Gasteiger partial charge is 0.415 e. The minimum atomic E-state index is -4.64. The third-order valence-corrected chi connectivity index (χ3v) is 2.08. The Morgan fingerprint density at radius 3 is 2.29 bits per heavy atom. The molecule has 0 heterocycles. The normalized spacial score (nSPS) is 11.1. The second-order valence-electron chi connectivity index (χ2n) is 3.13. The lowest BCUT2D eigenvalue weighted by atomic mass is 9.88. The number of rotatable bonds is 2. The molecule has 0 aliphatic rings. The summed E-state index contributed by atoms with van der Waals surface area (Å²) in [5.74, 6) is -0.991. The molecule has 1 rings (SSSR count). The Bertz CT molecular complexity index is 443. The fourth-order valence-corrected chi connectivity index (χ4v) is 1.28. The van der Waals surface area contributed by atoms with E-state index in [4.69, 9.17) is 12.6 Å². The highest BCUT2D eigenvalue weighted by atomic mass is 19.4. The van der Waals surface area contributed by atoms with Crippen LogP contribution in [0.1, 0.15) is 15.9 Å². The molecule has 0 amide bonds. The van der Waals surface area contributed by atoms with Gasteiger partial charge in [0.2, 0.25) is 0 Å². The van der Waals surface area contributed by atoms with Crippen LogP contribution in [0.15, 0.2) is 12.1 Å². The molecule has 90 valence electrons. The van der Waals surface area contributed by atoms with Crippen molar-refractivity contribution in [3.8, 4) is 5.75 Å². The quantitative estimate of drug-likeness (QED) is 0.580. The number of carbonyl (C=O) groups excluding carboxylic acids is 1. The lowest BCUT2D eigenvalue weighted by Crippen LogP contribution is -2.22. The van der Waals surface area contributed by atoms with Crippen molar-refractivity contribution in [1.29, 1.82) is 0 Å². The molecule has 0 N–H and O–H groups in total. The average Bonchev–Trinajstić information content (AvgIpc) is 2.25. The van der Waals surface area contributed by atoms with Crippen molar-refractivity contribution in [3.63, 3.8) is 0 Å². The number of halogens is 3. The molecule has 2 radical (unpaired) electrons. The van der Waals surface area contributed by atoms with Crippen molar-refractivity contribution >= 4 is 19.3 Å². The van der Waals surface area contributed by atoms with Crippen LogP contribution in [0, 0.1) is 0 Å². The van der Waals surface area contributed by atoms with Gasteiger partial charge in [-0.05, 0) is 12.1 Å². The highest BCUT2D eigenvalue weighted by Crippen LogP contribution is 2.31. The van der Waals surface area contributed by atoms with Crippen LogP contribution in [0.25, 0.3) is 0 Å². The van der Waals surface area contributed by atoms with Crippen molar-refractivity contribution < 1.29 is 27.4 Å². The fraction of sp³-hybridized carbons (Fsp3) is 0.300. The number of alkyl halides is 3. The summed E-state index contributed by atoms with van der Waals surface area (Å²) in [4.78, 5) is 11.3. The number of methoxy groups -OCH3 is 2. The van der Waals surface area contributed by atoms with Crippen LogP contribution >= 0.6 is 0 Å². The van der Waals surface area contributed by atoms with Gasteiger partial charge in [-0.1, -0.05) is 5.46 Å². The van der Waals surface area contributed by atoms with Crippen LogP contribution in [0.2, 0.25) is 0 Å². The monoisotopic (exact) mass is 244 g/mol. The van der Waals surface area contributed by atoms with Gasteiger partial charge in [-0.25, -0.2) is 4.79 Å². The average molecular weight is 244 g/mol. The molecule has 0 saturated carbocycles. The molecule has 1 aromatic carbocycles. The van der Waals surface area contributed by atoms with Gasteiger partial charge in [-0.15, -0.1) is 0 Å². The van der Waals surface area contributed by atoms with E-state index in [1.807, 2.05) is 0 Å². The van der Waals surface area contributed by atoms with E-state index in [0.717, 1.165) is 13.2 Å². The van der Waals surface area contributed by atoms with Crippen molar-refractivity contribution in [3.05, 3.63) is 23.3 Å². The van der Waals surface area contributed by atoms with Crippen molar-refractivity contribution in [2.75, 3.05) is 14.2 Å². The van der Waals surface area contributed by atoms with Gasteiger partial charge in [0.25, 0.3) is 0 Å². The van der Waals surface area contributed by atoms with E-state index in [1.54, 1.807) is 0 Å². The maximum Gasteiger partial charge on any atom is 0.415 e. The fourth-order valence-electron chi connectivity index (χ4n) is 1.28. The van der Waals surface area contributed by atoms with E-state index in [1.165, 1.54) is 7.11 Å². The highest BCUT2D eigenvalue weighted by molar-refractivity contribution is 6.33. The first-order valence-electron chi connectivity index (χ1n) is 4.44. The zero-order chi connectivity index (χ0) is 13.2. The largest absolute Gasteiger partial charge is 0.496 e. The summed E-state index contributed by atoms with van der Waals surface area (Å²) in [7, 11) is 7.52. The van der Waals surface area contributed by atoms with Crippen molar-refractivity contribution in [1.82, 2.24) is 0 Å². The second-order valence-corrected chi connectivity index (χ2v) is 3.13. The molecule has 0 aliphatic carbocycles. The first-order valence-corrected chi connectivity index (χ1v) is 4.44. The molecular formula is C10H8BF3O3. The summed E-state index contributed by atoms with van der Waals surface area (Å²) in [5, 5.41) is 0. The number of esters is 1. The molecule has 1 aromatic rings. The number of benzene rings is 1. The lowest BCUT2D eigenvalue weighted by molar-refractivity contribution is -0.136. The summed E-state index contributed by atoms with van der Waals surface area (Å²) < 4.78 is 46.8. The molecule has 0 aliphatic heterocycles. The maximum absolute atomic E-state index is 12.6. The van der Waals surface area contributed by atoms with Crippen LogP contribution in [0.4, 0.5) is 13.2 Å². The van der Waals surface area contributed by atoms with E-state index in [-0.39, 0.29) is 11.3 Å². The van der Waals surface area contributed by atoms with Crippen LogP contribution in [-0.2, 0) is 10.9 Å². The molecule has 0 saturated heterocycles. The van der Waals surface area contributed by atoms with E-state index in [9.17, 15) is 18.0 Å². The molecule has 17 heavy (non-hydrogen) atoms. The number of ether oxygens (including phenoxy) is 2. The van der Waals surface area contributed by atoms with Crippen LogP contribution in [-0.4, -0.2) is 28.0 Å². The molecule has 7 heteroatoms. The minimum Gasteiger partial charge on any atom is -0.496 e. The predicted molar refractivity (Wildman–Crippen MR) is 54.7 cm³/mol. The number of hydrogen-bond acceptors (Lipinski definition) is 3. The maximum atomic E-state index is 12.6. The molecular weight excluding hydrogens is 236 g/mol. The minimum absolute atomic E-state index is 0.0673. The van der Waals surface area contributed by atoms with E-state index in [0.29, 0.717) is 6.07 Å². The Morgan fingerprint density at radius 1 is 1.29 bits per heavy atom.